The van der Waals surface area contributed by atoms with Crippen LogP contribution in [0.15, 0.2) is 24.3 Å². The highest BCUT2D eigenvalue weighted by atomic mass is 16.3. The van der Waals surface area contributed by atoms with E-state index in [4.69, 9.17) is 0 Å². The van der Waals surface area contributed by atoms with Crippen molar-refractivity contribution in [1.29, 1.82) is 0 Å². The van der Waals surface area contributed by atoms with Gasteiger partial charge < -0.3 is 10.0 Å². The highest BCUT2D eigenvalue weighted by Gasteiger charge is 2.30. The topological polar surface area (TPSA) is 43.8 Å². The quantitative estimate of drug-likeness (QED) is 0.905. The Bertz CT molecular complexity index is 522. The molecule has 4 nitrogen and oxygen atoms in total. The number of carbonyl (C=O) groups is 1. The standard InChI is InChI=1S/C18H28N2O2/c1-5-19(13-18(3,4)22)17(21)14(2)20-11-10-15-8-6-7-9-16(15)12-20/h6-9,14,22H,5,10-13H2,1-4H3. The number of aliphatic hydroxyl groups is 1. The SMILES string of the molecule is CCN(CC(C)(C)O)C(=O)C(C)N1CCc2ccccc2C1. The molecule has 22 heavy (non-hydrogen) atoms. The number of likely N-dealkylation sites (N-methyl/N-ethyl adjacent to an activating group) is 1. The van der Waals surface area contributed by atoms with Crippen molar-refractivity contribution in [2.24, 2.45) is 0 Å². The van der Waals surface area contributed by atoms with E-state index in [0.717, 1.165) is 19.5 Å². The molecule has 1 amide bonds. The summed E-state index contributed by atoms with van der Waals surface area (Å²) < 4.78 is 0. The summed E-state index contributed by atoms with van der Waals surface area (Å²) in [6, 6.07) is 8.29. The second kappa shape index (κ2) is 6.80. The van der Waals surface area contributed by atoms with Crippen molar-refractivity contribution >= 4 is 5.91 Å². The molecule has 0 saturated carbocycles. The smallest absolute Gasteiger partial charge is 0.239 e. The van der Waals surface area contributed by atoms with E-state index in [1.54, 1.807) is 18.7 Å². The molecule has 1 heterocycles. The van der Waals surface area contributed by atoms with Gasteiger partial charge in [-0.2, -0.15) is 0 Å². The first-order valence-electron chi connectivity index (χ1n) is 8.14. The summed E-state index contributed by atoms with van der Waals surface area (Å²) in [7, 11) is 0. The molecular weight excluding hydrogens is 276 g/mol. The van der Waals surface area contributed by atoms with Crippen molar-refractivity contribution in [1.82, 2.24) is 9.80 Å². The van der Waals surface area contributed by atoms with Crippen molar-refractivity contribution < 1.29 is 9.90 Å². The number of rotatable bonds is 5. The van der Waals surface area contributed by atoms with Gasteiger partial charge >= 0.3 is 0 Å². The molecule has 1 N–H and O–H groups in total. The summed E-state index contributed by atoms with van der Waals surface area (Å²) in [4.78, 5) is 16.7. The number of benzene rings is 1. The Morgan fingerprint density at radius 2 is 2.00 bits per heavy atom. The molecule has 0 aliphatic carbocycles. The lowest BCUT2D eigenvalue weighted by atomic mass is 9.98. The summed E-state index contributed by atoms with van der Waals surface area (Å²) in [6.07, 6.45) is 0.991. The lowest BCUT2D eigenvalue weighted by Crippen LogP contribution is -2.51. The third kappa shape index (κ3) is 4.08. The van der Waals surface area contributed by atoms with Crippen LogP contribution in [0, 0.1) is 0 Å². The Labute approximate surface area is 133 Å². The van der Waals surface area contributed by atoms with Gasteiger partial charge in [-0.3, -0.25) is 9.69 Å². The van der Waals surface area contributed by atoms with E-state index >= 15 is 0 Å². The van der Waals surface area contributed by atoms with Crippen LogP contribution >= 0.6 is 0 Å². The summed E-state index contributed by atoms with van der Waals surface area (Å²) in [5, 5.41) is 9.98. The Kier molecular flexibility index (Phi) is 5.24. The zero-order valence-corrected chi connectivity index (χ0v) is 14.2. The highest BCUT2D eigenvalue weighted by molar-refractivity contribution is 5.81. The molecule has 1 atom stereocenters. The van der Waals surface area contributed by atoms with Gasteiger partial charge in [0.15, 0.2) is 0 Å². The Balaban J connectivity index is 2.05. The number of carbonyl (C=O) groups excluding carboxylic acids is 1. The van der Waals surface area contributed by atoms with Crippen LogP contribution in [0.25, 0.3) is 0 Å². The lowest BCUT2D eigenvalue weighted by Gasteiger charge is -2.37. The zero-order chi connectivity index (χ0) is 16.3. The maximum Gasteiger partial charge on any atom is 0.239 e. The van der Waals surface area contributed by atoms with Crippen molar-refractivity contribution in [2.75, 3.05) is 19.6 Å². The predicted octanol–water partition coefficient (Wildman–Crippen LogP) is 2.05. The van der Waals surface area contributed by atoms with E-state index < -0.39 is 5.60 Å². The molecule has 1 unspecified atom stereocenters. The van der Waals surface area contributed by atoms with Crippen molar-refractivity contribution in [2.45, 2.75) is 52.3 Å². The molecule has 0 fully saturated rings. The van der Waals surface area contributed by atoms with E-state index in [9.17, 15) is 9.90 Å². The fourth-order valence-electron chi connectivity index (χ4n) is 3.08. The lowest BCUT2D eigenvalue weighted by molar-refractivity contribution is -0.139. The van der Waals surface area contributed by atoms with E-state index in [0.29, 0.717) is 13.1 Å². The maximum atomic E-state index is 12.7. The Morgan fingerprint density at radius 1 is 1.36 bits per heavy atom. The maximum absolute atomic E-state index is 12.7. The number of hydrogen-bond donors (Lipinski definition) is 1. The molecule has 0 spiro atoms. The van der Waals surface area contributed by atoms with Gasteiger partial charge in [-0.15, -0.1) is 0 Å². The van der Waals surface area contributed by atoms with Gasteiger partial charge in [0.1, 0.15) is 0 Å². The second-order valence-corrected chi connectivity index (χ2v) is 6.83. The van der Waals surface area contributed by atoms with Gasteiger partial charge in [-0.1, -0.05) is 24.3 Å². The fourth-order valence-corrected chi connectivity index (χ4v) is 3.08. The number of hydrogen-bond acceptors (Lipinski definition) is 3. The van der Waals surface area contributed by atoms with Crippen LogP contribution < -0.4 is 0 Å². The van der Waals surface area contributed by atoms with Gasteiger partial charge in [0.2, 0.25) is 5.91 Å². The molecular formula is C18H28N2O2. The first kappa shape index (κ1) is 17.0. The predicted molar refractivity (Wildman–Crippen MR) is 88.6 cm³/mol. The summed E-state index contributed by atoms with van der Waals surface area (Å²) in [6.45, 7) is 10.1. The summed E-state index contributed by atoms with van der Waals surface area (Å²) in [5.74, 6) is 0.101. The van der Waals surface area contributed by atoms with Gasteiger partial charge in [0.25, 0.3) is 0 Å². The Morgan fingerprint density at radius 3 is 2.59 bits per heavy atom. The van der Waals surface area contributed by atoms with Gasteiger partial charge in [-0.05, 0) is 45.2 Å². The van der Waals surface area contributed by atoms with Crippen LogP contribution in [0.4, 0.5) is 0 Å². The van der Waals surface area contributed by atoms with Gasteiger partial charge in [0, 0.05) is 26.2 Å². The molecule has 4 heteroatoms. The molecule has 1 aliphatic rings. The van der Waals surface area contributed by atoms with Crippen molar-refractivity contribution in [3.8, 4) is 0 Å². The average molecular weight is 304 g/mol. The van der Waals surface area contributed by atoms with Gasteiger partial charge in [-0.25, -0.2) is 0 Å². The molecule has 0 radical (unpaired) electrons. The zero-order valence-electron chi connectivity index (χ0n) is 14.2. The number of amides is 1. The van der Waals surface area contributed by atoms with Crippen LogP contribution in [-0.2, 0) is 17.8 Å². The summed E-state index contributed by atoms with van der Waals surface area (Å²) >= 11 is 0. The molecule has 0 aromatic heterocycles. The minimum atomic E-state index is -0.861. The largest absolute Gasteiger partial charge is 0.389 e. The number of fused-ring (bicyclic) bond motifs is 1. The number of nitrogens with zero attached hydrogens (tertiary/aromatic N) is 2. The molecule has 0 bridgehead atoms. The summed E-state index contributed by atoms with van der Waals surface area (Å²) in [5.41, 5.74) is 1.85. The van der Waals surface area contributed by atoms with E-state index in [1.165, 1.54) is 11.1 Å². The minimum absolute atomic E-state index is 0.101. The molecule has 2 rings (SSSR count). The van der Waals surface area contributed by atoms with Gasteiger partial charge in [0.05, 0.1) is 11.6 Å². The minimum Gasteiger partial charge on any atom is -0.389 e. The monoisotopic (exact) mass is 304 g/mol. The second-order valence-electron chi connectivity index (χ2n) is 6.83. The van der Waals surface area contributed by atoms with Crippen LogP contribution in [0.2, 0.25) is 0 Å². The average Bonchev–Trinajstić information content (AvgIpc) is 2.49. The van der Waals surface area contributed by atoms with Crippen molar-refractivity contribution in [3.05, 3.63) is 35.4 Å². The van der Waals surface area contributed by atoms with Crippen LogP contribution in [0.1, 0.15) is 38.8 Å². The normalized spacial score (nSPS) is 17.0. The van der Waals surface area contributed by atoms with Crippen molar-refractivity contribution in [3.63, 3.8) is 0 Å². The van der Waals surface area contributed by atoms with Crippen LogP contribution in [-0.4, -0.2) is 52.1 Å². The first-order valence-corrected chi connectivity index (χ1v) is 8.14. The third-order valence-electron chi connectivity index (χ3n) is 4.34. The molecule has 1 aliphatic heterocycles. The molecule has 122 valence electrons. The molecule has 1 aromatic carbocycles. The fraction of sp³-hybridized carbons (Fsp3) is 0.611. The Hall–Kier alpha value is -1.39. The van der Waals surface area contributed by atoms with Crippen LogP contribution in [0.3, 0.4) is 0 Å². The van der Waals surface area contributed by atoms with E-state index in [1.807, 2.05) is 13.8 Å². The first-order chi connectivity index (χ1) is 10.3. The van der Waals surface area contributed by atoms with Crippen LogP contribution in [0.5, 0.6) is 0 Å². The highest BCUT2D eigenvalue weighted by Crippen LogP contribution is 2.21. The van der Waals surface area contributed by atoms with E-state index in [-0.39, 0.29) is 11.9 Å². The molecule has 0 saturated heterocycles. The third-order valence-corrected chi connectivity index (χ3v) is 4.34. The molecule has 1 aromatic rings. The van der Waals surface area contributed by atoms with E-state index in [2.05, 4.69) is 29.2 Å².